The molecule has 0 aliphatic heterocycles. The molecule has 0 unspecified atom stereocenters. The molecule has 9 heteroatoms. The molecule has 0 amide bonds. The number of benzene rings is 1. The zero-order chi connectivity index (χ0) is 17.9. The summed E-state index contributed by atoms with van der Waals surface area (Å²) < 4.78 is 49.1. The van der Waals surface area contributed by atoms with Crippen LogP contribution in [0.3, 0.4) is 0 Å². The van der Waals surface area contributed by atoms with Crippen molar-refractivity contribution >= 4 is 16.5 Å². The van der Waals surface area contributed by atoms with Gasteiger partial charge in [-0.25, -0.2) is 0 Å². The Hall–Kier alpha value is -2.03. The van der Waals surface area contributed by atoms with Crippen molar-refractivity contribution in [3.63, 3.8) is 0 Å². The van der Waals surface area contributed by atoms with Gasteiger partial charge < -0.3 is 14.8 Å². The van der Waals surface area contributed by atoms with E-state index in [1.807, 2.05) is 6.07 Å². The van der Waals surface area contributed by atoms with E-state index < -0.39 is 11.2 Å². The highest BCUT2D eigenvalue weighted by atomic mass is 32.1. The molecule has 0 radical (unpaired) electrons. The lowest BCUT2D eigenvalue weighted by molar-refractivity contribution is -0.138. The maximum absolute atomic E-state index is 12.6. The van der Waals surface area contributed by atoms with Gasteiger partial charge in [-0.3, -0.25) is 0 Å². The summed E-state index contributed by atoms with van der Waals surface area (Å²) in [5, 5.41) is 8.73. The van der Waals surface area contributed by atoms with Crippen LogP contribution in [0.15, 0.2) is 18.2 Å². The number of hydrogen-bond acceptors (Lipinski definition) is 6. The fourth-order valence-corrected chi connectivity index (χ4v) is 3.29. The molecule has 1 aliphatic rings. The van der Waals surface area contributed by atoms with Crippen LogP contribution < -0.4 is 14.8 Å². The van der Waals surface area contributed by atoms with Crippen molar-refractivity contribution < 1.29 is 22.6 Å². The first-order chi connectivity index (χ1) is 12.0. The monoisotopic (exact) mass is 373 g/mol. The van der Waals surface area contributed by atoms with Crippen LogP contribution in [0.25, 0.3) is 0 Å². The van der Waals surface area contributed by atoms with Gasteiger partial charge in [-0.15, -0.1) is 10.2 Å². The van der Waals surface area contributed by atoms with Crippen molar-refractivity contribution in [2.45, 2.75) is 44.5 Å². The minimum Gasteiger partial charge on any atom is -0.497 e. The van der Waals surface area contributed by atoms with E-state index in [0.717, 1.165) is 31.2 Å². The van der Waals surface area contributed by atoms with E-state index in [0.29, 0.717) is 29.4 Å². The molecule has 25 heavy (non-hydrogen) atoms. The normalized spacial score (nSPS) is 15.4. The molecule has 0 spiro atoms. The second-order valence-corrected chi connectivity index (χ2v) is 6.74. The van der Waals surface area contributed by atoms with E-state index in [4.69, 9.17) is 9.47 Å². The fraction of sp³-hybridized carbons (Fsp3) is 0.500. The van der Waals surface area contributed by atoms with E-state index in [1.54, 1.807) is 19.2 Å². The summed E-state index contributed by atoms with van der Waals surface area (Å²) in [6.45, 7) is 0.290. The Morgan fingerprint density at radius 3 is 2.64 bits per heavy atom. The lowest BCUT2D eigenvalue weighted by atomic mass is 10.2. The number of rotatable bonds is 6. The van der Waals surface area contributed by atoms with Crippen molar-refractivity contribution in [1.82, 2.24) is 10.2 Å². The van der Waals surface area contributed by atoms with Crippen LogP contribution in [0.1, 0.15) is 36.3 Å². The molecule has 1 aromatic carbocycles. The van der Waals surface area contributed by atoms with Crippen LogP contribution in [-0.2, 0) is 12.7 Å². The van der Waals surface area contributed by atoms with Crippen LogP contribution in [0.5, 0.6) is 11.5 Å². The number of anilines is 1. The molecule has 3 rings (SSSR count). The Kier molecular flexibility index (Phi) is 5.31. The Labute approximate surface area is 147 Å². The van der Waals surface area contributed by atoms with Crippen LogP contribution in [0.2, 0.25) is 0 Å². The molecular weight excluding hydrogens is 355 g/mol. The van der Waals surface area contributed by atoms with Gasteiger partial charge in [0.15, 0.2) is 0 Å². The van der Waals surface area contributed by atoms with Gasteiger partial charge in [-0.1, -0.05) is 11.3 Å². The smallest absolute Gasteiger partial charge is 0.445 e. The van der Waals surface area contributed by atoms with Crippen molar-refractivity contribution in [2.75, 3.05) is 12.4 Å². The molecule has 0 atom stereocenters. The molecule has 1 aliphatic carbocycles. The molecule has 1 N–H and O–H groups in total. The summed E-state index contributed by atoms with van der Waals surface area (Å²) in [6.07, 6.45) is 0.00365. The Morgan fingerprint density at radius 1 is 1.24 bits per heavy atom. The lowest BCUT2D eigenvalue weighted by Crippen LogP contribution is -2.13. The predicted molar refractivity (Wildman–Crippen MR) is 88.1 cm³/mol. The quantitative estimate of drug-likeness (QED) is 0.808. The van der Waals surface area contributed by atoms with Gasteiger partial charge in [0.05, 0.1) is 13.2 Å². The number of ether oxygens (including phenoxy) is 2. The van der Waals surface area contributed by atoms with E-state index >= 15 is 0 Å². The van der Waals surface area contributed by atoms with Gasteiger partial charge in [0, 0.05) is 18.2 Å². The molecule has 1 saturated carbocycles. The number of nitrogens with zero attached hydrogens (tertiary/aromatic N) is 2. The summed E-state index contributed by atoms with van der Waals surface area (Å²) in [4.78, 5) is 0. The topological polar surface area (TPSA) is 56.3 Å². The van der Waals surface area contributed by atoms with Gasteiger partial charge in [0.2, 0.25) is 10.1 Å². The highest BCUT2D eigenvalue weighted by Gasteiger charge is 2.35. The summed E-state index contributed by atoms with van der Waals surface area (Å²) in [5.74, 6) is 1.35. The average Bonchev–Trinajstić information content (AvgIpc) is 3.24. The number of hydrogen-bond donors (Lipinski definition) is 1. The van der Waals surface area contributed by atoms with Gasteiger partial charge in [0.1, 0.15) is 11.5 Å². The third-order valence-electron chi connectivity index (χ3n) is 3.97. The first-order valence-electron chi connectivity index (χ1n) is 7.94. The highest BCUT2D eigenvalue weighted by molar-refractivity contribution is 7.15. The SMILES string of the molecule is COc1ccc(CNc2nnc(C(F)(F)F)s2)c(OC2CCCC2)c1. The second kappa shape index (κ2) is 7.47. The highest BCUT2D eigenvalue weighted by Crippen LogP contribution is 2.34. The Morgan fingerprint density at radius 2 is 2.00 bits per heavy atom. The van der Waals surface area contributed by atoms with Gasteiger partial charge in [0.25, 0.3) is 0 Å². The van der Waals surface area contributed by atoms with Crippen molar-refractivity contribution in [3.8, 4) is 11.5 Å². The molecule has 1 aromatic heterocycles. The zero-order valence-corrected chi connectivity index (χ0v) is 14.4. The van der Waals surface area contributed by atoms with E-state index in [9.17, 15) is 13.2 Å². The molecule has 1 fully saturated rings. The molecule has 5 nitrogen and oxygen atoms in total. The third-order valence-corrected chi connectivity index (χ3v) is 4.89. The maximum atomic E-state index is 12.6. The standard InChI is InChI=1S/C16H18F3N3O2S/c1-23-12-7-6-10(13(8-12)24-11-4-2-3-5-11)9-20-15-22-21-14(25-15)16(17,18)19/h6-8,11H,2-5,9H2,1H3,(H,20,22). The Bertz CT molecular complexity index is 715. The molecule has 0 saturated heterocycles. The van der Waals surface area contributed by atoms with E-state index in [-0.39, 0.29) is 11.2 Å². The predicted octanol–water partition coefficient (Wildman–Crippen LogP) is 4.50. The molecular formula is C16H18F3N3O2S. The van der Waals surface area contributed by atoms with Crippen LogP contribution >= 0.6 is 11.3 Å². The van der Waals surface area contributed by atoms with Gasteiger partial charge in [-0.05, 0) is 37.8 Å². The summed E-state index contributed by atoms with van der Waals surface area (Å²) in [5.41, 5.74) is 0.830. The van der Waals surface area contributed by atoms with Crippen LogP contribution in [0, 0.1) is 0 Å². The Balaban J connectivity index is 1.71. The molecule has 136 valence electrons. The van der Waals surface area contributed by atoms with Crippen molar-refractivity contribution in [2.24, 2.45) is 0 Å². The summed E-state index contributed by atoms with van der Waals surface area (Å²) >= 11 is 0.482. The van der Waals surface area contributed by atoms with Gasteiger partial charge >= 0.3 is 6.18 Å². The number of nitrogens with one attached hydrogen (secondary N) is 1. The summed E-state index contributed by atoms with van der Waals surface area (Å²) in [7, 11) is 1.58. The molecule has 2 aromatic rings. The molecule has 0 bridgehead atoms. The van der Waals surface area contributed by atoms with Crippen molar-refractivity contribution in [3.05, 3.63) is 28.8 Å². The van der Waals surface area contributed by atoms with Crippen LogP contribution in [0.4, 0.5) is 18.3 Å². The third kappa shape index (κ3) is 4.53. The largest absolute Gasteiger partial charge is 0.497 e. The lowest BCUT2D eigenvalue weighted by Gasteiger charge is -2.17. The van der Waals surface area contributed by atoms with E-state index in [2.05, 4.69) is 15.5 Å². The number of alkyl halides is 3. The minimum atomic E-state index is -4.48. The number of methoxy groups -OCH3 is 1. The fourth-order valence-electron chi connectivity index (χ4n) is 2.68. The minimum absolute atomic E-state index is 0.120. The average molecular weight is 373 g/mol. The van der Waals surface area contributed by atoms with E-state index in [1.165, 1.54) is 0 Å². The number of aromatic nitrogens is 2. The maximum Gasteiger partial charge on any atom is 0.445 e. The molecule has 1 heterocycles. The number of halogens is 3. The summed E-state index contributed by atoms with van der Waals surface area (Å²) in [6, 6.07) is 5.43. The first-order valence-corrected chi connectivity index (χ1v) is 8.75. The second-order valence-electron chi connectivity index (χ2n) is 5.76. The van der Waals surface area contributed by atoms with Crippen LogP contribution in [-0.4, -0.2) is 23.4 Å². The first kappa shape index (κ1) is 17.8. The van der Waals surface area contributed by atoms with Crippen molar-refractivity contribution in [1.29, 1.82) is 0 Å². The zero-order valence-electron chi connectivity index (χ0n) is 13.6. The van der Waals surface area contributed by atoms with Gasteiger partial charge in [-0.2, -0.15) is 13.2 Å².